The second kappa shape index (κ2) is 10.1. The minimum atomic E-state index is 0.0836. The number of methoxy groups -OCH3 is 1. The van der Waals surface area contributed by atoms with Crippen LogP contribution in [0.15, 0.2) is 0 Å². The molecule has 1 rings (SSSR count). The summed E-state index contributed by atoms with van der Waals surface area (Å²) < 4.78 is 5.03. The zero-order chi connectivity index (χ0) is 15.7. The maximum absolute atomic E-state index is 11.9. The number of amides is 1. The van der Waals surface area contributed by atoms with Gasteiger partial charge in [0.2, 0.25) is 5.91 Å². The third-order valence-electron chi connectivity index (χ3n) is 3.88. The van der Waals surface area contributed by atoms with E-state index in [-0.39, 0.29) is 11.9 Å². The Balaban J connectivity index is 2.13. The molecular formula is C16H33N3O2. The molecule has 1 heterocycles. The van der Waals surface area contributed by atoms with Crippen molar-refractivity contribution in [2.45, 2.75) is 39.7 Å². The van der Waals surface area contributed by atoms with Gasteiger partial charge in [-0.1, -0.05) is 13.8 Å². The molecule has 1 amide bonds. The molecule has 1 aliphatic heterocycles. The van der Waals surface area contributed by atoms with Crippen molar-refractivity contribution in [2.24, 2.45) is 11.8 Å². The van der Waals surface area contributed by atoms with Gasteiger partial charge in [0.1, 0.15) is 0 Å². The van der Waals surface area contributed by atoms with Crippen molar-refractivity contribution < 1.29 is 9.53 Å². The largest absolute Gasteiger partial charge is 0.383 e. The van der Waals surface area contributed by atoms with Crippen LogP contribution >= 0.6 is 0 Å². The van der Waals surface area contributed by atoms with Gasteiger partial charge in [0.05, 0.1) is 13.2 Å². The lowest BCUT2D eigenvalue weighted by atomic mass is 9.96. The van der Waals surface area contributed by atoms with Crippen LogP contribution in [0.3, 0.4) is 0 Å². The van der Waals surface area contributed by atoms with Gasteiger partial charge in [-0.15, -0.1) is 0 Å². The molecule has 0 bridgehead atoms. The molecule has 1 atom stereocenters. The molecule has 1 fully saturated rings. The van der Waals surface area contributed by atoms with Gasteiger partial charge in [-0.25, -0.2) is 0 Å². The molecule has 21 heavy (non-hydrogen) atoms. The first kappa shape index (κ1) is 18.4. The summed E-state index contributed by atoms with van der Waals surface area (Å²) in [6, 6.07) is 0.0836. The first-order valence-electron chi connectivity index (χ1n) is 8.22. The van der Waals surface area contributed by atoms with Crippen LogP contribution in [0.2, 0.25) is 0 Å². The second-order valence-corrected chi connectivity index (χ2v) is 6.70. The molecule has 0 aromatic rings. The number of ether oxygens (including phenoxy) is 1. The van der Waals surface area contributed by atoms with Gasteiger partial charge >= 0.3 is 0 Å². The lowest BCUT2D eigenvalue weighted by Crippen LogP contribution is -2.45. The number of rotatable bonds is 9. The normalized spacial score (nSPS) is 18.9. The van der Waals surface area contributed by atoms with Crippen molar-refractivity contribution in [1.82, 2.24) is 15.5 Å². The molecule has 0 spiro atoms. The predicted octanol–water partition coefficient (Wildman–Crippen LogP) is 1.10. The van der Waals surface area contributed by atoms with Crippen LogP contribution in [-0.4, -0.2) is 63.3 Å². The van der Waals surface area contributed by atoms with E-state index in [9.17, 15) is 4.79 Å². The molecule has 1 saturated heterocycles. The first-order valence-corrected chi connectivity index (χ1v) is 8.22. The van der Waals surface area contributed by atoms with Crippen molar-refractivity contribution in [3.05, 3.63) is 0 Å². The van der Waals surface area contributed by atoms with Gasteiger partial charge in [-0.05, 0) is 57.8 Å². The van der Waals surface area contributed by atoms with Crippen LogP contribution in [0.25, 0.3) is 0 Å². The lowest BCUT2D eigenvalue weighted by molar-refractivity contribution is -0.123. The van der Waals surface area contributed by atoms with E-state index >= 15 is 0 Å². The van der Waals surface area contributed by atoms with E-state index < -0.39 is 0 Å². The van der Waals surface area contributed by atoms with Gasteiger partial charge in [-0.3, -0.25) is 9.69 Å². The fraction of sp³-hybridized carbons (Fsp3) is 0.938. The highest BCUT2D eigenvalue weighted by molar-refractivity contribution is 5.78. The number of piperidine rings is 1. The summed E-state index contributed by atoms with van der Waals surface area (Å²) in [6.07, 6.45) is 2.37. The standard InChI is InChI=1S/C16H33N3O2/c1-13(2)9-17-10-15-5-7-19(8-6-15)11-16(20)18-14(3)12-21-4/h13-15,17H,5-12H2,1-4H3,(H,18,20). The van der Waals surface area contributed by atoms with Crippen LogP contribution in [0.1, 0.15) is 33.6 Å². The maximum atomic E-state index is 11.9. The fourth-order valence-electron chi connectivity index (χ4n) is 2.74. The van der Waals surface area contributed by atoms with E-state index in [1.165, 1.54) is 12.8 Å². The number of nitrogens with one attached hydrogen (secondary N) is 2. The fourth-order valence-corrected chi connectivity index (χ4v) is 2.74. The SMILES string of the molecule is COCC(C)NC(=O)CN1CCC(CNCC(C)C)CC1. The van der Waals surface area contributed by atoms with Gasteiger partial charge in [0, 0.05) is 13.2 Å². The number of nitrogens with zero attached hydrogens (tertiary/aromatic N) is 1. The van der Waals surface area contributed by atoms with Crippen molar-refractivity contribution in [1.29, 1.82) is 0 Å². The Kier molecular flexibility index (Phi) is 8.88. The summed E-state index contributed by atoms with van der Waals surface area (Å²) in [6.45, 7) is 11.8. The summed E-state index contributed by atoms with van der Waals surface area (Å²) >= 11 is 0. The van der Waals surface area contributed by atoms with Gasteiger partial charge in [0.15, 0.2) is 0 Å². The van der Waals surface area contributed by atoms with Crippen LogP contribution in [0.4, 0.5) is 0 Å². The summed E-state index contributed by atoms with van der Waals surface area (Å²) in [5, 5.41) is 6.51. The molecule has 124 valence electrons. The van der Waals surface area contributed by atoms with Crippen molar-refractivity contribution in [3.8, 4) is 0 Å². The minimum Gasteiger partial charge on any atom is -0.383 e. The quantitative estimate of drug-likeness (QED) is 0.669. The molecule has 2 N–H and O–H groups in total. The highest BCUT2D eigenvalue weighted by Gasteiger charge is 2.21. The third kappa shape index (κ3) is 8.39. The van der Waals surface area contributed by atoms with E-state index in [2.05, 4.69) is 29.4 Å². The van der Waals surface area contributed by atoms with Crippen LogP contribution in [0, 0.1) is 11.8 Å². The lowest BCUT2D eigenvalue weighted by Gasteiger charge is -2.32. The Labute approximate surface area is 129 Å². The smallest absolute Gasteiger partial charge is 0.234 e. The Hall–Kier alpha value is -0.650. The minimum absolute atomic E-state index is 0.0836. The van der Waals surface area contributed by atoms with Crippen LogP contribution in [-0.2, 0) is 9.53 Å². The Morgan fingerprint density at radius 3 is 2.52 bits per heavy atom. The Bertz CT molecular complexity index is 289. The van der Waals surface area contributed by atoms with Gasteiger partial charge in [-0.2, -0.15) is 0 Å². The third-order valence-corrected chi connectivity index (χ3v) is 3.88. The summed E-state index contributed by atoms with van der Waals surface area (Å²) in [5.74, 6) is 1.58. The maximum Gasteiger partial charge on any atom is 0.234 e. The summed E-state index contributed by atoms with van der Waals surface area (Å²) in [7, 11) is 1.65. The molecule has 0 aromatic carbocycles. The predicted molar refractivity (Wildman–Crippen MR) is 86.4 cm³/mol. The van der Waals surface area contributed by atoms with Crippen LogP contribution in [0.5, 0.6) is 0 Å². The number of carbonyl (C=O) groups is 1. The van der Waals surface area contributed by atoms with E-state index in [0.717, 1.165) is 32.1 Å². The van der Waals surface area contributed by atoms with E-state index in [1.807, 2.05) is 6.92 Å². The molecule has 0 aliphatic carbocycles. The average molecular weight is 299 g/mol. The Morgan fingerprint density at radius 1 is 1.29 bits per heavy atom. The molecule has 5 nitrogen and oxygen atoms in total. The number of carbonyl (C=O) groups excluding carboxylic acids is 1. The number of likely N-dealkylation sites (tertiary alicyclic amines) is 1. The highest BCUT2D eigenvalue weighted by atomic mass is 16.5. The molecule has 0 aromatic heterocycles. The Morgan fingerprint density at radius 2 is 1.95 bits per heavy atom. The molecule has 0 saturated carbocycles. The zero-order valence-electron chi connectivity index (χ0n) is 14.2. The van der Waals surface area contributed by atoms with E-state index in [1.54, 1.807) is 7.11 Å². The summed E-state index contributed by atoms with van der Waals surface area (Å²) in [4.78, 5) is 14.2. The van der Waals surface area contributed by atoms with Crippen molar-refractivity contribution in [2.75, 3.05) is 46.4 Å². The van der Waals surface area contributed by atoms with Crippen molar-refractivity contribution in [3.63, 3.8) is 0 Å². The van der Waals surface area contributed by atoms with Gasteiger partial charge in [0.25, 0.3) is 0 Å². The first-order chi connectivity index (χ1) is 10.0. The molecule has 1 aliphatic rings. The molecule has 0 radical (unpaired) electrons. The molecule has 5 heteroatoms. The monoisotopic (exact) mass is 299 g/mol. The topological polar surface area (TPSA) is 53.6 Å². The van der Waals surface area contributed by atoms with Crippen molar-refractivity contribution >= 4 is 5.91 Å². The van der Waals surface area contributed by atoms with E-state index in [4.69, 9.17) is 4.74 Å². The second-order valence-electron chi connectivity index (χ2n) is 6.70. The zero-order valence-corrected chi connectivity index (χ0v) is 14.2. The number of hydrogen-bond donors (Lipinski definition) is 2. The van der Waals surface area contributed by atoms with E-state index in [0.29, 0.717) is 19.1 Å². The average Bonchev–Trinajstić information content (AvgIpc) is 2.40. The molecule has 1 unspecified atom stereocenters. The summed E-state index contributed by atoms with van der Waals surface area (Å²) in [5.41, 5.74) is 0. The molecular weight excluding hydrogens is 266 g/mol. The number of hydrogen-bond acceptors (Lipinski definition) is 4. The van der Waals surface area contributed by atoms with Crippen LogP contribution < -0.4 is 10.6 Å². The highest BCUT2D eigenvalue weighted by Crippen LogP contribution is 2.16. The van der Waals surface area contributed by atoms with Gasteiger partial charge < -0.3 is 15.4 Å².